The molecule has 0 aliphatic heterocycles. The third-order valence-electron chi connectivity index (χ3n) is 2.83. The zero-order valence-corrected chi connectivity index (χ0v) is 10.5. The van der Waals surface area contributed by atoms with Gasteiger partial charge in [-0.1, -0.05) is 30.3 Å². The Morgan fingerprint density at radius 2 is 1.90 bits per heavy atom. The van der Waals surface area contributed by atoms with Crippen LogP contribution in [-0.4, -0.2) is 10.0 Å². The fourth-order valence-corrected chi connectivity index (χ4v) is 1.88. The summed E-state index contributed by atoms with van der Waals surface area (Å²) in [6.07, 6.45) is 0. The van der Waals surface area contributed by atoms with Gasteiger partial charge in [0.15, 0.2) is 0 Å². The van der Waals surface area contributed by atoms with Gasteiger partial charge in [-0.15, -0.1) is 0 Å². The first kappa shape index (κ1) is 14.0. The summed E-state index contributed by atoms with van der Waals surface area (Å²) >= 11 is 0. The molecule has 6 heteroatoms. The molecule has 0 radical (unpaired) electrons. The smallest absolute Gasteiger partial charge is 0.327 e. The van der Waals surface area contributed by atoms with Crippen molar-refractivity contribution >= 4 is 11.4 Å². The molecular weight excluding hydrogens is 263 g/mol. The second kappa shape index (κ2) is 6.12. The van der Waals surface area contributed by atoms with Gasteiger partial charge in [0.05, 0.1) is 11.5 Å². The van der Waals surface area contributed by atoms with Crippen LogP contribution in [0.1, 0.15) is 11.1 Å². The third-order valence-corrected chi connectivity index (χ3v) is 2.83. The van der Waals surface area contributed by atoms with E-state index in [1.807, 2.05) is 6.07 Å². The number of nitro benzene ring substituents is 1. The molecule has 5 nitrogen and oxygen atoms in total. The number of aliphatic hydroxyl groups excluding tert-OH is 1. The molecule has 0 aliphatic rings. The van der Waals surface area contributed by atoms with Crippen molar-refractivity contribution in [2.24, 2.45) is 0 Å². The highest BCUT2D eigenvalue weighted by Gasteiger charge is 2.19. The van der Waals surface area contributed by atoms with Crippen molar-refractivity contribution in [1.82, 2.24) is 0 Å². The van der Waals surface area contributed by atoms with E-state index < -0.39 is 16.4 Å². The molecule has 2 N–H and O–H groups in total. The summed E-state index contributed by atoms with van der Waals surface area (Å²) in [7, 11) is 0. The number of hydrogen-bond acceptors (Lipinski definition) is 4. The Labute approximate surface area is 114 Å². The third kappa shape index (κ3) is 3.10. The van der Waals surface area contributed by atoms with Crippen LogP contribution in [0.15, 0.2) is 42.5 Å². The first-order chi connectivity index (χ1) is 9.61. The van der Waals surface area contributed by atoms with Gasteiger partial charge in [0.1, 0.15) is 5.69 Å². The van der Waals surface area contributed by atoms with Gasteiger partial charge in [-0.05, 0) is 23.3 Å². The molecule has 2 aromatic rings. The number of para-hydroxylation sites is 1. The molecule has 0 heterocycles. The maximum atomic E-state index is 13.4. The van der Waals surface area contributed by atoms with Gasteiger partial charge < -0.3 is 10.4 Å². The Balaban J connectivity index is 2.18. The Morgan fingerprint density at radius 3 is 2.60 bits per heavy atom. The number of anilines is 1. The number of nitro groups is 1. The molecule has 0 aliphatic carbocycles. The van der Waals surface area contributed by atoms with E-state index >= 15 is 0 Å². The predicted molar refractivity (Wildman–Crippen MR) is 72.7 cm³/mol. The molecule has 0 bridgehead atoms. The van der Waals surface area contributed by atoms with Crippen molar-refractivity contribution in [3.05, 3.63) is 69.5 Å². The maximum Gasteiger partial charge on any atom is 0.327 e. The molecule has 104 valence electrons. The van der Waals surface area contributed by atoms with Gasteiger partial charge in [-0.2, -0.15) is 4.39 Å². The molecule has 0 unspecified atom stereocenters. The van der Waals surface area contributed by atoms with Gasteiger partial charge in [0.25, 0.3) is 0 Å². The second-order valence-corrected chi connectivity index (χ2v) is 4.22. The molecule has 0 spiro atoms. The Bertz CT molecular complexity index is 632. The number of hydrogen-bond donors (Lipinski definition) is 2. The fraction of sp³-hybridized carbons (Fsp3) is 0.143. The SMILES string of the molecule is O=[N+]([O-])c1c(F)cccc1NCc1cccc(CO)c1. The Morgan fingerprint density at radius 1 is 1.20 bits per heavy atom. The molecule has 20 heavy (non-hydrogen) atoms. The summed E-state index contributed by atoms with van der Waals surface area (Å²) in [6.45, 7) is 0.228. The van der Waals surface area contributed by atoms with E-state index in [1.54, 1.807) is 18.2 Å². The van der Waals surface area contributed by atoms with Crippen LogP contribution in [0.5, 0.6) is 0 Å². The monoisotopic (exact) mass is 276 g/mol. The van der Waals surface area contributed by atoms with Crippen molar-refractivity contribution in [2.75, 3.05) is 5.32 Å². The van der Waals surface area contributed by atoms with Gasteiger partial charge in [-0.3, -0.25) is 10.1 Å². The van der Waals surface area contributed by atoms with E-state index in [0.717, 1.165) is 17.2 Å². The molecule has 0 saturated heterocycles. The molecule has 0 fully saturated rings. The van der Waals surface area contributed by atoms with Gasteiger partial charge >= 0.3 is 5.69 Å². The van der Waals surface area contributed by atoms with Crippen LogP contribution in [0.4, 0.5) is 15.8 Å². The van der Waals surface area contributed by atoms with E-state index in [0.29, 0.717) is 6.54 Å². The van der Waals surface area contributed by atoms with Gasteiger partial charge in [-0.25, -0.2) is 0 Å². The average molecular weight is 276 g/mol. The molecule has 0 atom stereocenters. The first-order valence-corrected chi connectivity index (χ1v) is 5.97. The maximum absolute atomic E-state index is 13.4. The van der Waals surface area contributed by atoms with E-state index in [-0.39, 0.29) is 12.3 Å². The summed E-state index contributed by atoms with van der Waals surface area (Å²) < 4.78 is 13.4. The lowest BCUT2D eigenvalue weighted by Crippen LogP contribution is -2.04. The van der Waals surface area contributed by atoms with Crippen LogP contribution in [0.2, 0.25) is 0 Å². The van der Waals surface area contributed by atoms with Gasteiger partial charge in [0, 0.05) is 6.54 Å². The Kier molecular flexibility index (Phi) is 4.27. The normalized spacial score (nSPS) is 10.3. The van der Waals surface area contributed by atoms with E-state index in [9.17, 15) is 14.5 Å². The summed E-state index contributed by atoms with van der Waals surface area (Å²) in [4.78, 5) is 10.1. The minimum atomic E-state index is -0.871. The topological polar surface area (TPSA) is 75.4 Å². The first-order valence-electron chi connectivity index (χ1n) is 5.97. The number of nitrogens with one attached hydrogen (secondary N) is 1. The van der Waals surface area contributed by atoms with Crippen molar-refractivity contribution in [3.8, 4) is 0 Å². The molecule has 0 saturated carbocycles. The van der Waals surface area contributed by atoms with E-state index in [2.05, 4.69) is 5.32 Å². The van der Waals surface area contributed by atoms with Crippen LogP contribution in [0, 0.1) is 15.9 Å². The zero-order chi connectivity index (χ0) is 14.5. The van der Waals surface area contributed by atoms with Crippen LogP contribution in [0.3, 0.4) is 0 Å². The molecule has 0 amide bonds. The molecule has 2 rings (SSSR count). The summed E-state index contributed by atoms with van der Waals surface area (Å²) in [6, 6.07) is 11.1. The minimum Gasteiger partial charge on any atom is -0.392 e. The highest BCUT2D eigenvalue weighted by atomic mass is 19.1. The second-order valence-electron chi connectivity index (χ2n) is 4.22. The van der Waals surface area contributed by atoms with E-state index in [1.165, 1.54) is 12.1 Å². The van der Waals surface area contributed by atoms with Crippen molar-refractivity contribution in [2.45, 2.75) is 13.2 Å². The Hall–Kier alpha value is -2.47. The standard InChI is InChI=1S/C14H13FN2O3/c15-12-5-2-6-13(14(12)17(19)20)16-8-10-3-1-4-11(7-10)9-18/h1-7,16,18H,8-9H2. The molecular formula is C14H13FN2O3. The predicted octanol–water partition coefficient (Wildman–Crippen LogP) is 2.84. The van der Waals surface area contributed by atoms with Crippen LogP contribution >= 0.6 is 0 Å². The van der Waals surface area contributed by atoms with E-state index in [4.69, 9.17) is 5.11 Å². The van der Waals surface area contributed by atoms with Crippen molar-refractivity contribution < 1.29 is 14.4 Å². The number of aliphatic hydroxyl groups is 1. The lowest BCUT2D eigenvalue weighted by molar-refractivity contribution is -0.386. The summed E-state index contributed by atoms with van der Waals surface area (Å²) in [5.74, 6) is -0.871. The number of benzene rings is 2. The zero-order valence-electron chi connectivity index (χ0n) is 10.5. The van der Waals surface area contributed by atoms with Crippen molar-refractivity contribution in [3.63, 3.8) is 0 Å². The summed E-state index contributed by atoms with van der Waals surface area (Å²) in [5.41, 5.74) is 1.16. The molecule has 0 aromatic heterocycles. The summed E-state index contributed by atoms with van der Waals surface area (Å²) in [5, 5.41) is 22.7. The fourth-order valence-electron chi connectivity index (χ4n) is 1.88. The lowest BCUT2D eigenvalue weighted by atomic mass is 10.1. The minimum absolute atomic E-state index is 0.0754. The quantitative estimate of drug-likeness (QED) is 0.650. The van der Waals surface area contributed by atoms with Crippen LogP contribution < -0.4 is 5.32 Å². The number of nitrogens with zero attached hydrogens (tertiary/aromatic N) is 1. The number of halogens is 1. The van der Waals surface area contributed by atoms with Crippen LogP contribution in [0.25, 0.3) is 0 Å². The van der Waals surface area contributed by atoms with Crippen molar-refractivity contribution in [1.29, 1.82) is 0 Å². The average Bonchev–Trinajstić information content (AvgIpc) is 2.45. The number of rotatable bonds is 5. The highest BCUT2D eigenvalue weighted by Crippen LogP contribution is 2.27. The molecule has 2 aromatic carbocycles. The van der Waals surface area contributed by atoms with Crippen LogP contribution in [-0.2, 0) is 13.2 Å². The lowest BCUT2D eigenvalue weighted by Gasteiger charge is -2.08. The van der Waals surface area contributed by atoms with Gasteiger partial charge in [0.2, 0.25) is 5.82 Å². The largest absolute Gasteiger partial charge is 0.392 e. The highest BCUT2D eigenvalue weighted by molar-refractivity contribution is 5.62.